The van der Waals surface area contributed by atoms with Crippen molar-refractivity contribution < 1.29 is 18.7 Å². The molecule has 1 N–H and O–H groups in total. The van der Waals surface area contributed by atoms with Gasteiger partial charge in [0.15, 0.2) is 6.61 Å². The highest BCUT2D eigenvalue weighted by atomic mass is 16.5. The fraction of sp³-hybridized carbons (Fsp3) is 0.360. The van der Waals surface area contributed by atoms with Crippen molar-refractivity contribution in [3.8, 4) is 5.75 Å². The molecule has 3 aromatic rings. The zero-order chi connectivity index (χ0) is 21.8. The number of hydrogen-bond donors (Lipinski definition) is 1. The van der Waals surface area contributed by atoms with E-state index in [-0.39, 0.29) is 24.2 Å². The van der Waals surface area contributed by atoms with E-state index >= 15 is 0 Å². The SMILES string of the molecule is Cc1c(Cc2ccccc2)c(=O)oc2c(C)c(OCC(=O)NCC3CCCO3)ccc12. The van der Waals surface area contributed by atoms with Gasteiger partial charge in [-0.3, -0.25) is 4.79 Å². The molecule has 1 unspecified atom stereocenters. The van der Waals surface area contributed by atoms with Crippen LogP contribution in [0.4, 0.5) is 0 Å². The molecule has 1 fully saturated rings. The summed E-state index contributed by atoms with van der Waals surface area (Å²) in [5, 5.41) is 3.71. The van der Waals surface area contributed by atoms with Crippen LogP contribution in [0.15, 0.2) is 51.7 Å². The second kappa shape index (κ2) is 9.35. The third-order valence-electron chi connectivity index (χ3n) is 5.79. The Morgan fingerprint density at radius 2 is 1.94 bits per heavy atom. The summed E-state index contributed by atoms with van der Waals surface area (Å²) in [6.07, 6.45) is 2.61. The maximum Gasteiger partial charge on any atom is 0.340 e. The van der Waals surface area contributed by atoms with E-state index in [2.05, 4.69) is 5.32 Å². The molecule has 4 rings (SSSR count). The molecule has 0 spiro atoms. The second-order valence-corrected chi connectivity index (χ2v) is 7.95. The summed E-state index contributed by atoms with van der Waals surface area (Å²) < 4.78 is 16.9. The van der Waals surface area contributed by atoms with Crippen molar-refractivity contribution in [2.24, 2.45) is 0 Å². The molecule has 0 saturated carbocycles. The fourth-order valence-corrected chi connectivity index (χ4v) is 3.96. The van der Waals surface area contributed by atoms with Gasteiger partial charge in [-0.1, -0.05) is 30.3 Å². The Bertz CT molecular complexity index is 1130. The van der Waals surface area contributed by atoms with Crippen molar-refractivity contribution in [2.75, 3.05) is 19.8 Å². The summed E-state index contributed by atoms with van der Waals surface area (Å²) >= 11 is 0. The second-order valence-electron chi connectivity index (χ2n) is 7.95. The Kier molecular flexibility index (Phi) is 6.37. The first kappa shape index (κ1) is 21.1. The van der Waals surface area contributed by atoms with Crippen LogP contribution < -0.4 is 15.7 Å². The van der Waals surface area contributed by atoms with E-state index in [1.54, 1.807) is 0 Å². The third-order valence-corrected chi connectivity index (χ3v) is 5.79. The van der Waals surface area contributed by atoms with E-state index in [9.17, 15) is 9.59 Å². The standard InChI is InChI=1S/C25H27NO5/c1-16-20-10-11-22(30-15-23(27)26-14-19-9-6-12-29-19)17(2)24(20)31-25(28)21(16)13-18-7-4-3-5-8-18/h3-5,7-8,10-11,19H,6,9,12-15H2,1-2H3,(H,26,27). The lowest BCUT2D eigenvalue weighted by Crippen LogP contribution is -2.35. The van der Waals surface area contributed by atoms with Crippen LogP contribution in [0.1, 0.15) is 35.1 Å². The van der Waals surface area contributed by atoms with Crippen LogP contribution in [0, 0.1) is 13.8 Å². The number of hydrogen-bond acceptors (Lipinski definition) is 5. The molecular weight excluding hydrogens is 394 g/mol. The number of rotatable bonds is 7. The van der Waals surface area contributed by atoms with Gasteiger partial charge in [-0.15, -0.1) is 0 Å². The Morgan fingerprint density at radius 3 is 2.68 bits per heavy atom. The van der Waals surface area contributed by atoms with E-state index in [0.717, 1.165) is 36.0 Å². The molecule has 1 amide bonds. The third kappa shape index (κ3) is 4.80. The molecule has 6 heteroatoms. The highest BCUT2D eigenvalue weighted by molar-refractivity contribution is 5.86. The van der Waals surface area contributed by atoms with Crippen LogP contribution in [-0.2, 0) is 16.0 Å². The number of fused-ring (bicyclic) bond motifs is 1. The van der Waals surface area contributed by atoms with E-state index in [0.29, 0.717) is 35.4 Å². The molecule has 0 aliphatic carbocycles. The van der Waals surface area contributed by atoms with Crippen LogP contribution in [0.3, 0.4) is 0 Å². The van der Waals surface area contributed by atoms with E-state index in [1.165, 1.54) is 0 Å². The highest BCUT2D eigenvalue weighted by Crippen LogP contribution is 2.30. The van der Waals surface area contributed by atoms with Gasteiger partial charge < -0.3 is 19.2 Å². The van der Waals surface area contributed by atoms with Gasteiger partial charge in [0.05, 0.1) is 6.10 Å². The van der Waals surface area contributed by atoms with Crippen molar-refractivity contribution in [1.29, 1.82) is 0 Å². The molecule has 1 atom stereocenters. The summed E-state index contributed by atoms with van der Waals surface area (Å²) in [4.78, 5) is 24.8. The Hall–Kier alpha value is -3.12. The molecule has 1 aliphatic heterocycles. The lowest BCUT2D eigenvalue weighted by Gasteiger charge is -2.14. The molecule has 31 heavy (non-hydrogen) atoms. The van der Waals surface area contributed by atoms with E-state index < -0.39 is 0 Å². The van der Waals surface area contributed by atoms with Gasteiger partial charge in [-0.25, -0.2) is 4.79 Å². The van der Waals surface area contributed by atoms with Crippen LogP contribution in [0.2, 0.25) is 0 Å². The minimum absolute atomic E-state index is 0.0914. The number of ether oxygens (including phenoxy) is 2. The quantitative estimate of drug-likeness (QED) is 0.589. The molecule has 1 aliphatic rings. The molecule has 0 bridgehead atoms. The van der Waals surface area contributed by atoms with Crippen molar-refractivity contribution in [3.63, 3.8) is 0 Å². The van der Waals surface area contributed by atoms with Crippen LogP contribution in [0.5, 0.6) is 5.75 Å². The van der Waals surface area contributed by atoms with Crippen molar-refractivity contribution in [3.05, 3.63) is 75.1 Å². The smallest absolute Gasteiger partial charge is 0.340 e. The maximum absolute atomic E-state index is 12.7. The van der Waals surface area contributed by atoms with Crippen LogP contribution in [0.25, 0.3) is 11.0 Å². The number of carbonyl (C=O) groups excluding carboxylic acids is 1. The monoisotopic (exact) mass is 421 g/mol. The van der Waals surface area contributed by atoms with Gasteiger partial charge in [0.25, 0.3) is 5.91 Å². The number of amides is 1. The van der Waals surface area contributed by atoms with Crippen LogP contribution in [-0.4, -0.2) is 31.8 Å². The van der Waals surface area contributed by atoms with Gasteiger partial charge in [-0.2, -0.15) is 0 Å². The molecule has 1 saturated heterocycles. The lowest BCUT2D eigenvalue weighted by atomic mass is 9.98. The van der Waals surface area contributed by atoms with E-state index in [4.69, 9.17) is 13.9 Å². The number of benzene rings is 2. The van der Waals surface area contributed by atoms with Crippen molar-refractivity contribution in [1.82, 2.24) is 5.32 Å². The summed E-state index contributed by atoms with van der Waals surface area (Å²) in [5.41, 5.74) is 3.47. The fourth-order valence-electron chi connectivity index (χ4n) is 3.96. The highest BCUT2D eigenvalue weighted by Gasteiger charge is 2.18. The summed E-state index contributed by atoms with van der Waals surface area (Å²) in [5.74, 6) is 0.323. The number of carbonyl (C=O) groups is 1. The molecule has 0 radical (unpaired) electrons. The topological polar surface area (TPSA) is 77.8 Å². The zero-order valence-electron chi connectivity index (χ0n) is 17.9. The van der Waals surface area contributed by atoms with Crippen LogP contribution >= 0.6 is 0 Å². The predicted molar refractivity (Wildman–Crippen MR) is 119 cm³/mol. The van der Waals surface area contributed by atoms with E-state index in [1.807, 2.05) is 56.3 Å². The minimum atomic E-state index is -0.344. The summed E-state index contributed by atoms with van der Waals surface area (Å²) in [6.45, 7) is 4.92. The van der Waals surface area contributed by atoms with Gasteiger partial charge in [-0.05, 0) is 49.9 Å². The summed E-state index contributed by atoms with van der Waals surface area (Å²) in [6, 6.07) is 13.6. The van der Waals surface area contributed by atoms with Gasteiger partial charge >= 0.3 is 5.63 Å². The predicted octanol–water partition coefficient (Wildman–Crippen LogP) is 3.67. The average Bonchev–Trinajstić information content (AvgIpc) is 3.30. The zero-order valence-corrected chi connectivity index (χ0v) is 17.9. The number of nitrogens with one attached hydrogen (secondary N) is 1. The molecule has 6 nitrogen and oxygen atoms in total. The van der Waals surface area contributed by atoms with Crippen molar-refractivity contribution in [2.45, 2.75) is 39.2 Å². The van der Waals surface area contributed by atoms with Gasteiger partial charge in [0.2, 0.25) is 0 Å². The molecule has 162 valence electrons. The molecule has 2 heterocycles. The Balaban J connectivity index is 1.50. The largest absolute Gasteiger partial charge is 0.483 e. The first-order chi connectivity index (χ1) is 15.0. The molecule has 2 aromatic carbocycles. The van der Waals surface area contributed by atoms with Gasteiger partial charge in [0, 0.05) is 36.1 Å². The number of aryl methyl sites for hydroxylation is 2. The maximum atomic E-state index is 12.7. The minimum Gasteiger partial charge on any atom is -0.483 e. The first-order valence-electron chi connectivity index (χ1n) is 10.6. The normalized spacial score (nSPS) is 15.9. The van der Waals surface area contributed by atoms with Crippen molar-refractivity contribution >= 4 is 16.9 Å². The average molecular weight is 421 g/mol. The Morgan fingerprint density at radius 1 is 1.13 bits per heavy atom. The molecular formula is C25H27NO5. The van der Waals surface area contributed by atoms with Gasteiger partial charge in [0.1, 0.15) is 11.3 Å². The first-order valence-corrected chi connectivity index (χ1v) is 10.6. The summed E-state index contributed by atoms with van der Waals surface area (Å²) in [7, 11) is 0. The lowest BCUT2D eigenvalue weighted by molar-refractivity contribution is -0.123. The molecule has 1 aromatic heterocycles. The Labute approximate surface area is 181 Å².